The number of hydrogen-bond donors (Lipinski definition) is 0. The van der Waals surface area contributed by atoms with Crippen LogP contribution in [0.25, 0.3) is 5.57 Å². The number of methoxy groups -OCH3 is 1. The fraction of sp³-hybridized carbons (Fsp3) is 0.308. The number of allylic oxidation sites excluding steroid dienone is 2. The van der Waals surface area contributed by atoms with Gasteiger partial charge in [-0.2, -0.15) is 0 Å². The standard InChI is InChI=1S/C26H26O2/c1-18-8-10-19(11-9-18)21-14-25-24-15-23(27-2)13-12-20(24)16-26(17-21,28-25)22-6-4-3-5-7-22/h3-15,20,24-25H,16-17H2,1-2H3/t20?,24?,25-,26-/m1/s1. The van der Waals surface area contributed by atoms with E-state index in [0.29, 0.717) is 11.8 Å². The molecule has 0 saturated carbocycles. The quantitative estimate of drug-likeness (QED) is 0.680. The second-order valence-corrected chi connectivity index (χ2v) is 8.26. The Kier molecular flexibility index (Phi) is 4.25. The van der Waals surface area contributed by atoms with Gasteiger partial charge in [0.05, 0.1) is 18.8 Å². The van der Waals surface area contributed by atoms with E-state index >= 15 is 0 Å². The van der Waals surface area contributed by atoms with Crippen LogP contribution in [0, 0.1) is 18.8 Å². The summed E-state index contributed by atoms with van der Waals surface area (Å²) in [5.41, 5.74) is 5.00. The van der Waals surface area contributed by atoms with Gasteiger partial charge in [-0.05, 0) is 48.1 Å². The van der Waals surface area contributed by atoms with Gasteiger partial charge in [0.2, 0.25) is 0 Å². The van der Waals surface area contributed by atoms with E-state index in [1.807, 2.05) is 0 Å². The van der Waals surface area contributed by atoms with Gasteiger partial charge in [0.25, 0.3) is 0 Å². The lowest BCUT2D eigenvalue weighted by molar-refractivity contribution is -0.150. The maximum absolute atomic E-state index is 6.82. The average Bonchev–Trinajstić information content (AvgIpc) is 2.74. The summed E-state index contributed by atoms with van der Waals surface area (Å²) in [5.74, 6) is 1.72. The summed E-state index contributed by atoms with van der Waals surface area (Å²) in [5, 5.41) is 0. The van der Waals surface area contributed by atoms with Gasteiger partial charge in [-0.25, -0.2) is 0 Å². The first-order valence-electron chi connectivity index (χ1n) is 10.1. The van der Waals surface area contributed by atoms with Crippen LogP contribution in [0.3, 0.4) is 0 Å². The van der Waals surface area contributed by atoms with Crippen LogP contribution < -0.4 is 0 Å². The van der Waals surface area contributed by atoms with Crippen LogP contribution in [-0.2, 0) is 15.1 Å². The van der Waals surface area contributed by atoms with Gasteiger partial charge in [0.1, 0.15) is 5.76 Å². The SMILES string of the molecule is COC1=CC2C(C=C1)C[C@]1(c3ccccc3)CC(c3ccc(C)cc3)=C[C@H]2O1. The molecule has 4 atom stereocenters. The predicted octanol–water partition coefficient (Wildman–Crippen LogP) is 5.80. The van der Waals surface area contributed by atoms with E-state index in [0.717, 1.165) is 18.6 Å². The third kappa shape index (κ3) is 2.93. The highest BCUT2D eigenvalue weighted by atomic mass is 16.5. The van der Waals surface area contributed by atoms with Crippen molar-refractivity contribution in [3.05, 3.63) is 101 Å². The van der Waals surface area contributed by atoms with Gasteiger partial charge in [-0.1, -0.05) is 72.3 Å². The summed E-state index contributed by atoms with van der Waals surface area (Å²) in [4.78, 5) is 0. The first-order chi connectivity index (χ1) is 13.7. The van der Waals surface area contributed by atoms with Crippen molar-refractivity contribution in [2.75, 3.05) is 7.11 Å². The number of fused-ring (bicyclic) bond motifs is 4. The molecule has 0 aromatic heterocycles. The van der Waals surface area contributed by atoms with Crippen LogP contribution in [0.1, 0.15) is 29.5 Å². The molecule has 3 aliphatic rings. The van der Waals surface area contributed by atoms with Gasteiger partial charge in [0.15, 0.2) is 0 Å². The van der Waals surface area contributed by atoms with Crippen LogP contribution in [0.15, 0.2) is 84.7 Å². The van der Waals surface area contributed by atoms with Crippen LogP contribution in [0.4, 0.5) is 0 Å². The van der Waals surface area contributed by atoms with Crippen LogP contribution in [0.5, 0.6) is 0 Å². The van der Waals surface area contributed by atoms with Crippen molar-refractivity contribution in [3.63, 3.8) is 0 Å². The molecule has 2 aromatic rings. The molecule has 1 saturated heterocycles. The van der Waals surface area contributed by atoms with Gasteiger partial charge in [0, 0.05) is 12.3 Å². The molecule has 2 heteroatoms. The highest BCUT2D eigenvalue weighted by molar-refractivity contribution is 5.69. The van der Waals surface area contributed by atoms with Crippen molar-refractivity contribution in [2.24, 2.45) is 11.8 Å². The van der Waals surface area contributed by atoms with Gasteiger partial charge in [-0.15, -0.1) is 0 Å². The zero-order valence-corrected chi connectivity index (χ0v) is 16.5. The predicted molar refractivity (Wildman–Crippen MR) is 113 cm³/mol. The average molecular weight is 370 g/mol. The van der Waals surface area contributed by atoms with Gasteiger partial charge < -0.3 is 9.47 Å². The Balaban J connectivity index is 1.61. The lowest BCUT2D eigenvalue weighted by Crippen LogP contribution is -2.49. The van der Waals surface area contributed by atoms with Gasteiger partial charge in [-0.3, -0.25) is 0 Å². The fourth-order valence-corrected chi connectivity index (χ4v) is 4.98. The summed E-state index contributed by atoms with van der Waals surface area (Å²) >= 11 is 0. The van der Waals surface area contributed by atoms with Crippen LogP contribution >= 0.6 is 0 Å². The number of aryl methyl sites for hydroxylation is 1. The second kappa shape index (κ2) is 6.79. The Morgan fingerprint density at radius 2 is 1.79 bits per heavy atom. The molecule has 1 aliphatic carbocycles. The highest BCUT2D eigenvalue weighted by Crippen LogP contribution is 2.53. The van der Waals surface area contributed by atoms with Crippen molar-refractivity contribution >= 4 is 5.57 Å². The third-order valence-corrected chi connectivity index (χ3v) is 6.46. The smallest absolute Gasteiger partial charge is 0.114 e. The molecule has 0 spiro atoms. The van der Waals surface area contributed by atoms with Crippen LogP contribution in [-0.4, -0.2) is 13.2 Å². The fourth-order valence-electron chi connectivity index (χ4n) is 4.98. The molecule has 1 fully saturated rings. The van der Waals surface area contributed by atoms with Crippen molar-refractivity contribution in [1.82, 2.24) is 0 Å². The minimum Gasteiger partial charge on any atom is -0.497 e. The van der Waals surface area contributed by atoms with E-state index in [1.165, 1.54) is 22.3 Å². The van der Waals surface area contributed by atoms with Crippen LogP contribution in [0.2, 0.25) is 0 Å². The summed E-state index contributed by atoms with van der Waals surface area (Å²) in [6, 6.07) is 19.7. The zero-order chi connectivity index (χ0) is 19.1. The van der Waals surface area contributed by atoms with Crippen molar-refractivity contribution in [1.29, 1.82) is 0 Å². The Bertz CT molecular complexity index is 952. The molecule has 2 bridgehead atoms. The molecule has 28 heavy (non-hydrogen) atoms. The maximum Gasteiger partial charge on any atom is 0.114 e. The molecular formula is C26H26O2. The molecule has 2 heterocycles. The Hall–Kier alpha value is -2.58. The Morgan fingerprint density at radius 3 is 2.54 bits per heavy atom. The van der Waals surface area contributed by atoms with Crippen molar-refractivity contribution in [3.8, 4) is 0 Å². The summed E-state index contributed by atoms with van der Waals surface area (Å²) in [6.07, 6.45) is 11.0. The first-order valence-corrected chi connectivity index (χ1v) is 10.1. The molecule has 0 N–H and O–H groups in total. The first kappa shape index (κ1) is 17.5. The molecule has 2 aliphatic heterocycles. The molecule has 2 nitrogen and oxygen atoms in total. The third-order valence-electron chi connectivity index (χ3n) is 6.46. The minimum absolute atomic E-state index is 0.0547. The second-order valence-electron chi connectivity index (χ2n) is 8.26. The highest BCUT2D eigenvalue weighted by Gasteiger charge is 2.49. The number of ether oxygens (including phenoxy) is 2. The molecular weight excluding hydrogens is 344 g/mol. The van der Waals surface area contributed by atoms with E-state index < -0.39 is 0 Å². The summed E-state index contributed by atoms with van der Waals surface area (Å²) in [7, 11) is 1.74. The summed E-state index contributed by atoms with van der Waals surface area (Å²) < 4.78 is 12.3. The lowest BCUT2D eigenvalue weighted by Gasteiger charge is -2.51. The monoisotopic (exact) mass is 370 g/mol. The normalized spacial score (nSPS) is 30.9. The Labute approximate surface area is 167 Å². The Morgan fingerprint density at radius 1 is 1.00 bits per heavy atom. The van der Waals surface area contributed by atoms with E-state index in [-0.39, 0.29) is 11.7 Å². The number of benzene rings is 2. The van der Waals surface area contributed by atoms with E-state index in [9.17, 15) is 0 Å². The van der Waals surface area contributed by atoms with Crippen molar-refractivity contribution in [2.45, 2.75) is 31.5 Å². The van der Waals surface area contributed by atoms with Gasteiger partial charge >= 0.3 is 0 Å². The molecule has 5 rings (SSSR count). The number of hydrogen-bond acceptors (Lipinski definition) is 2. The molecule has 0 amide bonds. The molecule has 142 valence electrons. The largest absolute Gasteiger partial charge is 0.497 e. The molecule has 2 aromatic carbocycles. The summed E-state index contributed by atoms with van der Waals surface area (Å²) in [6.45, 7) is 2.14. The zero-order valence-electron chi connectivity index (χ0n) is 16.5. The lowest BCUT2D eigenvalue weighted by atomic mass is 9.66. The molecule has 2 unspecified atom stereocenters. The van der Waals surface area contributed by atoms with E-state index in [4.69, 9.17) is 9.47 Å². The topological polar surface area (TPSA) is 18.5 Å². The molecule has 0 radical (unpaired) electrons. The number of rotatable bonds is 3. The minimum atomic E-state index is -0.273. The van der Waals surface area contributed by atoms with E-state index in [2.05, 4.69) is 85.8 Å². The maximum atomic E-state index is 6.82. The van der Waals surface area contributed by atoms with E-state index in [1.54, 1.807) is 7.11 Å². The van der Waals surface area contributed by atoms with Crippen molar-refractivity contribution < 1.29 is 9.47 Å².